The molecule has 2 aromatic carbocycles. The highest BCUT2D eigenvalue weighted by Crippen LogP contribution is 2.38. The molecule has 0 aliphatic heterocycles. The molecule has 9 nitrogen and oxygen atoms in total. The van der Waals surface area contributed by atoms with Gasteiger partial charge in [0.25, 0.3) is 5.91 Å². The van der Waals surface area contributed by atoms with Crippen LogP contribution >= 0.6 is 0 Å². The third-order valence-electron chi connectivity index (χ3n) is 5.23. The summed E-state index contributed by atoms with van der Waals surface area (Å²) >= 11 is 0. The zero-order valence-electron chi connectivity index (χ0n) is 21.3. The molecule has 1 atom stereocenters. The largest absolute Gasteiger partial charge is 0.466 e. The van der Waals surface area contributed by atoms with Crippen molar-refractivity contribution in [3.8, 4) is 0 Å². The number of rotatable bonds is 9. The Morgan fingerprint density at radius 1 is 0.857 bits per heavy atom. The van der Waals surface area contributed by atoms with E-state index in [1.165, 1.54) is 6.92 Å². The van der Waals surface area contributed by atoms with Crippen molar-refractivity contribution in [3.05, 3.63) is 64.2 Å². The Bertz CT molecular complexity index is 1310. The first-order valence-corrected chi connectivity index (χ1v) is 11.6. The van der Waals surface area contributed by atoms with E-state index in [9.17, 15) is 53.9 Å². The summed E-state index contributed by atoms with van der Waals surface area (Å²) in [4.78, 5) is 37.1. The van der Waals surface area contributed by atoms with Crippen molar-refractivity contribution in [2.75, 3.05) is 18.5 Å². The van der Waals surface area contributed by atoms with E-state index in [1.54, 1.807) is 0 Å². The molecule has 0 heterocycles. The summed E-state index contributed by atoms with van der Waals surface area (Å²) in [6.07, 6.45) is -16.3. The summed E-state index contributed by atoms with van der Waals surface area (Å²) in [5.41, 5.74) is -1.45. The molecule has 230 valence electrons. The topological polar surface area (TPSA) is 146 Å². The molecular weight excluding hydrogens is 593 g/mol. The molecule has 2 aromatic rings. The lowest BCUT2D eigenvalue weighted by atomic mass is 9.97. The minimum Gasteiger partial charge on any atom is -0.466 e. The van der Waals surface area contributed by atoms with Crippen LogP contribution in [0.25, 0.3) is 0 Å². The van der Waals surface area contributed by atoms with Crippen LogP contribution in [0.15, 0.2) is 36.4 Å². The number of guanidine groups is 1. The van der Waals surface area contributed by atoms with Gasteiger partial charge in [-0.25, -0.2) is 0 Å². The Labute approximate surface area is 231 Å². The lowest BCUT2D eigenvalue weighted by Gasteiger charge is -2.22. The SMILES string of the molecule is CCOC(=O)CC(NC(=O)CNC(=O)c1cc(NC(=N)N)cc(C(F)(F)F)c1)c1cc(C(F)(F)F)cc(C(F)(F)F)c1. The second-order valence-corrected chi connectivity index (χ2v) is 8.49. The maximum absolute atomic E-state index is 13.3. The van der Waals surface area contributed by atoms with Crippen molar-refractivity contribution < 1.29 is 58.6 Å². The van der Waals surface area contributed by atoms with Gasteiger partial charge in [0.1, 0.15) is 0 Å². The van der Waals surface area contributed by atoms with Gasteiger partial charge in [0.05, 0.1) is 42.3 Å². The van der Waals surface area contributed by atoms with E-state index in [1.807, 2.05) is 10.6 Å². The van der Waals surface area contributed by atoms with Gasteiger partial charge in [0.2, 0.25) is 5.91 Å². The molecule has 0 radical (unpaired) electrons. The molecule has 0 aliphatic rings. The Morgan fingerprint density at radius 2 is 1.38 bits per heavy atom. The number of hydrogen-bond donors (Lipinski definition) is 5. The number of carbonyl (C=O) groups is 3. The fourth-order valence-electron chi connectivity index (χ4n) is 3.48. The lowest BCUT2D eigenvalue weighted by Crippen LogP contribution is -2.39. The highest BCUT2D eigenvalue weighted by atomic mass is 19.4. The highest BCUT2D eigenvalue weighted by Gasteiger charge is 2.38. The number of carbonyl (C=O) groups excluding carboxylic acids is 3. The number of benzene rings is 2. The minimum absolute atomic E-state index is 0.155. The van der Waals surface area contributed by atoms with Gasteiger partial charge in [0.15, 0.2) is 5.96 Å². The van der Waals surface area contributed by atoms with Crippen molar-refractivity contribution in [2.24, 2.45) is 5.73 Å². The average molecular weight is 615 g/mol. The third kappa shape index (κ3) is 9.84. The number of ether oxygens (including phenoxy) is 1. The summed E-state index contributed by atoms with van der Waals surface area (Å²) in [6, 6.07) is 0.482. The van der Waals surface area contributed by atoms with Gasteiger partial charge in [0, 0.05) is 11.3 Å². The zero-order chi connectivity index (χ0) is 32.0. The van der Waals surface area contributed by atoms with Crippen LogP contribution in [0.5, 0.6) is 0 Å². The maximum atomic E-state index is 13.3. The Morgan fingerprint density at radius 3 is 1.86 bits per heavy atom. The van der Waals surface area contributed by atoms with Crippen molar-refractivity contribution in [2.45, 2.75) is 37.9 Å². The van der Waals surface area contributed by atoms with Gasteiger partial charge < -0.3 is 26.4 Å². The highest BCUT2D eigenvalue weighted by molar-refractivity contribution is 5.99. The number of nitrogens with two attached hydrogens (primary N) is 1. The van der Waals surface area contributed by atoms with Crippen LogP contribution in [0.3, 0.4) is 0 Å². The second kappa shape index (κ2) is 13.0. The van der Waals surface area contributed by atoms with Crippen LogP contribution in [0.2, 0.25) is 0 Å². The summed E-state index contributed by atoms with van der Waals surface area (Å²) in [5.74, 6) is -4.32. The molecule has 0 saturated heterocycles. The Hall–Kier alpha value is -4.51. The number of esters is 1. The van der Waals surface area contributed by atoms with Crippen molar-refractivity contribution in [1.29, 1.82) is 5.41 Å². The summed E-state index contributed by atoms with van der Waals surface area (Å²) in [5, 5.41) is 13.2. The van der Waals surface area contributed by atoms with Gasteiger partial charge in [-0.2, -0.15) is 39.5 Å². The summed E-state index contributed by atoms with van der Waals surface area (Å²) in [7, 11) is 0. The van der Waals surface area contributed by atoms with E-state index in [4.69, 9.17) is 11.1 Å². The van der Waals surface area contributed by atoms with Gasteiger partial charge in [-0.15, -0.1) is 0 Å². The van der Waals surface area contributed by atoms with Crippen molar-refractivity contribution in [3.63, 3.8) is 0 Å². The molecule has 2 amide bonds. The molecule has 1 unspecified atom stereocenters. The van der Waals surface area contributed by atoms with Crippen LogP contribution in [-0.2, 0) is 32.9 Å². The number of alkyl halides is 9. The summed E-state index contributed by atoms with van der Waals surface area (Å²) < 4.78 is 124. The van der Waals surface area contributed by atoms with Crippen LogP contribution in [-0.4, -0.2) is 36.9 Å². The molecule has 0 saturated carbocycles. The van der Waals surface area contributed by atoms with E-state index in [2.05, 4.69) is 10.1 Å². The number of nitrogens with one attached hydrogen (secondary N) is 4. The molecule has 42 heavy (non-hydrogen) atoms. The van der Waals surface area contributed by atoms with Crippen LogP contribution in [0.4, 0.5) is 45.2 Å². The molecule has 6 N–H and O–H groups in total. The standard InChI is InChI=1S/C24H22F9N5O4/c1-2-42-19(40)9-17(11-3-13(22(25,26)27)7-14(4-11)23(28,29)30)38-18(39)10-36-20(41)12-5-15(24(31,32)33)8-16(6-12)37-21(34)35/h3-8,17H,2,9-10H2,1H3,(H,36,41)(H,38,39)(H4,34,35,37). The first-order valence-electron chi connectivity index (χ1n) is 11.6. The quantitative estimate of drug-likeness (QED) is 0.121. The normalized spacial score (nSPS) is 12.7. The zero-order valence-corrected chi connectivity index (χ0v) is 21.3. The Kier molecular flexibility index (Phi) is 10.4. The monoisotopic (exact) mass is 615 g/mol. The molecule has 0 fully saturated rings. The minimum atomic E-state index is -5.23. The first-order chi connectivity index (χ1) is 19.2. The van der Waals surface area contributed by atoms with E-state index in [-0.39, 0.29) is 12.7 Å². The van der Waals surface area contributed by atoms with Crippen molar-refractivity contribution >= 4 is 29.4 Å². The smallest absolute Gasteiger partial charge is 0.416 e. The van der Waals surface area contributed by atoms with Crippen LogP contribution in [0.1, 0.15) is 52.0 Å². The number of amides is 2. The molecule has 0 aliphatic carbocycles. The predicted molar refractivity (Wildman–Crippen MR) is 128 cm³/mol. The molecule has 18 heteroatoms. The van der Waals surface area contributed by atoms with Crippen molar-refractivity contribution in [1.82, 2.24) is 10.6 Å². The second-order valence-electron chi connectivity index (χ2n) is 8.49. The van der Waals surface area contributed by atoms with Crippen LogP contribution in [0, 0.1) is 5.41 Å². The predicted octanol–water partition coefficient (Wildman–Crippen LogP) is 4.59. The van der Waals surface area contributed by atoms with E-state index < -0.39 is 94.8 Å². The van der Waals surface area contributed by atoms with Gasteiger partial charge in [-0.3, -0.25) is 19.8 Å². The number of anilines is 1. The molecular formula is C24H22F9N5O4. The number of halogens is 9. The molecule has 0 bridgehead atoms. The van der Waals surface area contributed by atoms with Gasteiger partial charge in [-0.05, 0) is 48.9 Å². The van der Waals surface area contributed by atoms with E-state index in [0.717, 1.165) is 6.07 Å². The van der Waals surface area contributed by atoms with Gasteiger partial charge >= 0.3 is 24.5 Å². The molecule has 0 spiro atoms. The van der Waals surface area contributed by atoms with E-state index >= 15 is 0 Å². The Balaban J connectivity index is 2.35. The van der Waals surface area contributed by atoms with E-state index in [0.29, 0.717) is 24.3 Å². The lowest BCUT2D eigenvalue weighted by molar-refractivity contribution is -0.144. The average Bonchev–Trinajstić information content (AvgIpc) is 2.84. The fraction of sp³-hybridized carbons (Fsp3) is 0.333. The van der Waals surface area contributed by atoms with Gasteiger partial charge in [-0.1, -0.05) is 0 Å². The summed E-state index contributed by atoms with van der Waals surface area (Å²) in [6.45, 7) is 0.149. The third-order valence-corrected chi connectivity index (χ3v) is 5.23. The van der Waals surface area contributed by atoms with Crippen LogP contribution < -0.4 is 21.7 Å². The number of hydrogen-bond acceptors (Lipinski definition) is 5. The maximum Gasteiger partial charge on any atom is 0.416 e. The molecule has 2 rings (SSSR count). The molecule has 0 aromatic heterocycles. The first kappa shape index (κ1) is 33.7. The fourth-order valence-corrected chi connectivity index (χ4v) is 3.48.